The van der Waals surface area contributed by atoms with Crippen molar-refractivity contribution < 1.29 is 9.59 Å². The molecular weight excluding hydrogens is 218 g/mol. The van der Waals surface area contributed by atoms with E-state index >= 15 is 0 Å². The first kappa shape index (κ1) is 13.2. The van der Waals surface area contributed by atoms with Gasteiger partial charge in [-0.15, -0.1) is 0 Å². The van der Waals surface area contributed by atoms with E-state index in [1.54, 1.807) is 6.92 Å². The maximum absolute atomic E-state index is 11.5. The number of carbonyl (C=O) groups excluding carboxylic acids is 2. The third-order valence-corrected chi connectivity index (χ3v) is 2.18. The van der Waals surface area contributed by atoms with Gasteiger partial charge < -0.3 is 16.4 Å². The summed E-state index contributed by atoms with van der Waals surface area (Å²) in [6, 6.07) is 9.09. The highest BCUT2D eigenvalue weighted by molar-refractivity contribution is 5.92. The van der Waals surface area contributed by atoms with Gasteiger partial charge in [-0.25, -0.2) is 0 Å². The Labute approximate surface area is 100 Å². The van der Waals surface area contributed by atoms with Crippen molar-refractivity contribution in [3.63, 3.8) is 0 Å². The van der Waals surface area contributed by atoms with Crippen LogP contribution in [0.3, 0.4) is 0 Å². The minimum absolute atomic E-state index is 0.103. The molecule has 0 aliphatic rings. The molecule has 92 valence electrons. The molecule has 1 atom stereocenters. The Morgan fingerprint density at radius 3 is 2.53 bits per heavy atom. The first-order chi connectivity index (χ1) is 8.08. The molecule has 0 saturated heterocycles. The van der Waals surface area contributed by atoms with Gasteiger partial charge in [0, 0.05) is 18.2 Å². The molecule has 5 nitrogen and oxygen atoms in total. The summed E-state index contributed by atoms with van der Waals surface area (Å²) in [5.74, 6) is -0.527. The molecule has 0 heterocycles. The van der Waals surface area contributed by atoms with E-state index in [1.807, 2.05) is 30.3 Å². The normalized spacial score (nSPS) is 11.8. The van der Waals surface area contributed by atoms with E-state index in [4.69, 9.17) is 5.73 Å². The first-order valence-electron chi connectivity index (χ1n) is 5.44. The van der Waals surface area contributed by atoms with Crippen LogP contribution in [0.5, 0.6) is 0 Å². The van der Waals surface area contributed by atoms with Crippen molar-refractivity contribution in [1.29, 1.82) is 0 Å². The average molecular weight is 235 g/mol. The van der Waals surface area contributed by atoms with Crippen molar-refractivity contribution in [1.82, 2.24) is 5.32 Å². The van der Waals surface area contributed by atoms with Gasteiger partial charge in [0.15, 0.2) is 0 Å². The highest BCUT2D eigenvalue weighted by atomic mass is 16.2. The van der Waals surface area contributed by atoms with Crippen molar-refractivity contribution in [3.8, 4) is 0 Å². The fourth-order valence-corrected chi connectivity index (χ4v) is 1.37. The molecule has 1 unspecified atom stereocenters. The Morgan fingerprint density at radius 2 is 1.94 bits per heavy atom. The SMILES string of the molecule is CC(CC(N)=O)NCC(=O)Nc1ccccc1. The molecule has 0 saturated carbocycles. The minimum atomic E-state index is -0.381. The average Bonchev–Trinajstić information content (AvgIpc) is 2.27. The number of anilines is 1. The number of hydrogen-bond donors (Lipinski definition) is 3. The second kappa shape index (κ2) is 6.65. The standard InChI is InChI=1S/C12H17N3O2/c1-9(7-11(13)16)14-8-12(17)15-10-5-3-2-4-6-10/h2-6,9,14H,7-8H2,1H3,(H2,13,16)(H,15,17). The molecule has 4 N–H and O–H groups in total. The summed E-state index contributed by atoms with van der Waals surface area (Å²) in [6.45, 7) is 1.96. The number of rotatable bonds is 6. The van der Waals surface area contributed by atoms with Crippen molar-refractivity contribution in [2.75, 3.05) is 11.9 Å². The van der Waals surface area contributed by atoms with Crippen LogP contribution in [-0.4, -0.2) is 24.4 Å². The van der Waals surface area contributed by atoms with Gasteiger partial charge in [0.05, 0.1) is 6.54 Å². The van der Waals surface area contributed by atoms with Crippen molar-refractivity contribution in [2.24, 2.45) is 5.73 Å². The molecule has 0 spiro atoms. The minimum Gasteiger partial charge on any atom is -0.370 e. The fraction of sp³-hybridized carbons (Fsp3) is 0.333. The Balaban J connectivity index is 2.28. The van der Waals surface area contributed by atoms with Crippen LogP contribution in [-0.2, 0) is 9.59 Å². The number of nitrogens with one attached hydrogen (secondary N) is 2. The summed E-state index contributed by atoms with van der Waals surface area (Å²) in [6.07, 6.45) is 0.221. The number of nitrogens with two attached hydrogens (primary N) is 1. The molecule has 1 rings (SSSR count). The Hall–Kier alpha value is -1.88. The molecule has 17 heavy (non-hydrogen) atoms. The Kier molecular flexibility index (Phi) is 5.16. The smallest absolute Gasteiger partial charge is 0.238 e. The van der Waals surface area contributed by atoms with Gasteiger partial charge in [0.1, 0.15) is 0 Å². The quantitative estimate of drug-likeness (QED) is 0.670. The van der Waals surface area contributed by atoms with E-state index in [0.29, 0.717) is 0 Å². The molecule has 0 aliphatic carbocycles. The van der Waals surface area contributed by atoms with Crippen LogP contribution in [0, 0.1) is 0 Å². The number of para-hydroxylation sites is 1. The lowest BCUT2D eigenvalue weighted by atomic mass is 10.2. The molecule has 0 aliphatic heterocycles. The highest BCUT2D eigenvalue weighted by Crippen LogP contribution is 2.04. The second-order valence-corrected chi connectivity index (χ2v) is 3.87. The van der Waals surface area contributed by atoms with E-state index < -0.39 is 0 Å². The fourth-order valence-electron chi connectivity index (χ4n) is 1.37. The van der Waals surface area contributed by atoms with E-state index in [-0.39, 0.29) is 30.8 Å². The number of primary amides is 1. The molecule has 2 amide bonds. The van der Waals surface area contributed by atoms with Crippen LogP contribution in [0.15, 0.2) is 30.3 Å². The Bertz CT molecular complexity index is 379. The van der Waals surface area contributed by atoms with E-state index in [9.17, 15) is 9.59 Å². The van der Waals surface area contributed by atoms with E-state index in [1.165, 1.54) is 0 Å². The van der Waals surface area contributed by atoms with Crippen LogP contribution in [0.1, 0.15) is 13.3 Å². The topological polar surface area (TPSA) is 84.2 Å². The first-order valence-corrected chi connectivity index (χ1v) is 5.44. The number of amides is 2. The van der Waals surface area contributed by atoms with Crippen LogP contribution < -0.4 is 16.4 Å². The van der Waals surface area contributed by atoms with Crippen molar-refractivity contribution >= 4 is 17.5 Å². The van der Waals surface area contributed by atoms with Gasteiger partial charge in [-0.2, -0.15) is 0 Å². The Morgan fingerprint density at radius 1 is 1.29 bits per heavy atom. The van der Waals surface area contributed by atoms with Gasteiger partial charge in [-0.05, 0) is 19.1 Å². The van der Waals surface area contributed by atoms with Gasteiger partial charge in [-0.3, -0.25) is 9.59 Å². The maximum atomic E-state index is 11.5. The molecule has 0 fully saturated rings. The maximum Gasteiger partial charge on any atom is 0.238 e. The zero-order valence-corrected chi connectivity index (χ0v) is 9.77. The molecule has 0 radical (unpaired) electrons. The third kappa shape index (κ3) is 5.67. The predicted octanol–water partition coefficient (Wildman–Crippen LogP) is 0.479. The summed E-state index contributed by atoms with van der Waals surface area (Å²) < 4.78 is 0. The number of benzene rings is 1. The summed E-state index contributed by atoms with van der Waals surface area (Å²) in [7, 11) is 0. The highest BCUT2D eigenvalue weighted by Gasteiger charge is 2.07. The van der Waals surface area contributed by atoms with Crippen LogP contribution >= 0.6 is 0 Å². The zero-order chi connectivity index (χ0) is 12.7. The summed E-state index contributed by atoms with van der Waals surface area (Å²) in [5, 5.41) is 5.65. The number of hydrogen-bond acceptors (Lipinski definition) is 3. The lowest BCUT2D eigenvalue weighted by Gasteiger charge is -2.11. The van der Waals surface area contributed by atoms with Crippen LogP contribution in [0.4, 0.5) is 5.69 Å². The van der Waals surface area contributed by atoms with Gasteiger partial charge in [0.2, 0.25) is 11.8 Å². The van der Waals surface area contributed by atoms with Crippen molar-refractivity contribution in [3.05, 3.63) is 30.3 Å². The summed E-state index contributed by atoms with van der Waals surface area (Å²) in [5.41, 5.74) is 5.80. The zero-order valence-electron chi connectivity index (χ0n) is 9.77. The van der Waals surface area contributed by atoms with Crippen molar-refractivity contribution in [2.45, 2.75) is 19.4 Å². The summed E-state index contributed by atoms with van der Waals surface area (Å²) in [4.78, 5) is 22.1. The third-order valence-electron chi connectivity index (χ3n) is 2.18. The molecule has 5 heteroatoms. The lowest BCUT2D eigenvalue weighted by molar-refractivity contribution is -0.119. The second-order valence-electron chi connectivity index (χ2n) is 3.87. The molecule has 1 aromatic rings. The predicted molar refractivity (Wildman–Crippen MR) is 66.3 cm³/mol. The number of carbonyl (C=O) groups is 2. The molecule has 0 aromatic heterocycles. The van der Waals surface area contributed by atoms with Gasteiger partial charge in [0.25, 0.3) is 0 Å². The largest absolute Gasteiger partial charge is 0.370 e. The molecule has 0 bridgehead atoms. The monoisotopic (exact) mass is 235 g/mol. The van der Waals surface area contributed by atoms with E-state index in [2.05, 4.69) is 10.6 Å². The van der Waals surface area contributed by atoms with Gasteiger partial charge in [-0.1, -0.05) is 18.2 Å². The van der Waals surface area contributed by atoms with Crippen LogP contribution in [0.25, 0.3) is 0 Å². The molecule has 1 aromatic carbocycles. The van der Waals surface area contributed by atoms with Gasteiger partial charge >= 0.3 is 0 Å². The van der Waals surface area contributed by atoms with E-state index in [0.717, 1.165) is 5.69 Å². The summed E-state index contributed by atoms with van der Waals surface area (Å²) >= 11 is 0. The lowest BCUT2D eigenvalue weighted by Crippen LogP contribution is -2.36. The van der Waals surface area contributed by atoms with Crippen LogP contribution in [0.2, 0.25) is 0 Å². The molecular formula is C12H17N3O2.